The molecule has 0 saturated carbocycles. The number of alkyl halides is 1. The van der Waals surface area contributed by atoms with Crippen LogP contribution in [0.25, 0.3) is 0 Å². The van der Waals surface area contributed by atoms with Crippen LogP contribution in [-0.4, -0.2) is 61.0 Å². The zero-order valence-electron chi connectivity index (χ0n) is 25.9. The number of ether oxygens (including phenoxy) is 3. The normalized spacial score (nSPS) is 11.7. The fourth-order valence-corrected chi connectivity index (χ4v) is 3.35. The van der Waals surface area contributed by atoms with E-state index in [9.17, 15) is 24.3 Å². The summed E-state index contributed by atoms with van der Waals surface area (Å²) in [5, 5.41) is 23.2. The molecular weight excluding hydrogens is 654 g/mol. The predicted octanol–water partition coefficient (Wildman–Crippen LogP) is -2.89. The van der Waals surface area contributed by atoms with Crippen LogP contribution in [0.3, 0.4) is 0 Å². The Hall–Kier alpha value is -1.09. The molecule has 44 heavy (non-hydrogen) atoms. The van der Waals surface area contributed by atoms with Crippen molar-refractivity contribution in [2.24, 2.45) is 0 Å². The Morgan fingerprint density at radius 1 is 1.07 bits per heavy atom. The summed E-state index contributed by atoms with van der Waals surface area (Å²) >= 11 is 5.38. The minimum Gasteiger partial charge on any atom is -1.00 e. The summed E-state index contributed by atoms with van der Waals surface area (Å²) in [4.78, 5) is 56.9. The molecule has 3 rings (SSSR count). The van der Waals surface area contributed by atoms with Gasteiger partial charge < -0.3 is 41.5 Å². The van der Waals surface area contributed by atoms with Crippen molar-refractivity contribution in [3.05, 3.63) is 47.5 Å². The number of hydrogen-bond acceptors (Lipinski definition) is 11. The van der Waals surface area contributed by atoms with Crippen molar-refractivity contribution in [3.8, 4) is 11.5 Å². The number of rotatable bonds is 9. The van der Waals surface area contributed by atoms with Crippen LogP contribution in [0.5, 0.6) is 11.5 Å². The third-order valence-electron chi connectivity index (χ3n) is 5.37. The zero-order chi connectivity index (χ0) is 30.9. The molecule has 234 valence electrons. The van der Waals surface area contributed by atoms with Gasteiger partial charge in [-0.05, 0) is 63.1 Å². The first kappa shape index (κ1) is 47.3. The third kappa shape index (κ3) is 16.5. The Bertz CT molecular complexity index is 1230. The van der Waals surface area contributed by atoms with E-state index in [0.717, 1.165) is 5.56 Å². The molecule has 2 amide bonds. The van der Waals surface area contributed by atoms with Crippen molar-refractivity contribution in [2.45, 2.75) is 47.0 Å². The van der Waals surface area contributed by atoms with Crippen LogP contribution in [0.2, 0.25) is 0 Å². The number of hydrogen-bond donors (Lipinski definition) is 3. The van der Waals surface area contributed by atoms with Gasteiger partial charge in [-0.3, -0.25) is 24.0 Å². The van der Waals surface area contributed by atoms with Crippen molar-refractivity contribution < 1.29 is 158 Å². The predicted molar refractivity (Wildman–Crippen MR) is 153 cm³/mol. The fraction of sp³-hybridized carbons (Fsp3) is 0.393. The number of phenolic OH excluding ortho intramolecular Hbond substituents is 1. The van der Waals surface area contributed by atoms with Gasteiger partial charge in [0.1, 0.15) is 17.4 Å². The number of carbonyl (C=O) groups excluding carboxylic acids is 5. The quantitative estimate of drug-likeness (QED) is 0.0466. The van der Waals surface area contributed by atoms with Crippen LogP contribution >= 0.6 is 11.6 Å². The van der Waals surface area contributed by atoms with Crippen LogP contribution in [0, 0.1) is 0 Å². The Balaban J connectivity index is -0.000000309. The van der Waals surface area contributed by atoms with Gasteiger partial charge in [-0.25, -0.2) is 0 Å². The van der Waals surface area contributed by atoms with E-state index in [0.29, 0.717) is 30.2 Å². The molecule has 2 atom stereocenters. The van der Waals surface area contributed by atoms with Crippen molar-refractivity contribution >= 4 is 53.2 Å². The average molecular weight is 691 g/mol. The summed E-state index contributed by atoms with van der Waals surface area (Å²) < 4.78 is 15.1. The molecular formula is C28H37ClK2N2O11. The van der Waals surface area contributed by atoms with E-state index in [1.165, 1.54) is 12.1 Å². The number of fused-ring (bicyclic) bond motifs is 1. The number of aromatic hydroxyl groups is 1. The van der Waals surface area contributed by atoms with Crippen molar-refractivity contribution in [1.82, 2.24) is 0 Å². The largest absolute Gasteiger partial charge is 1.00 e. The molecule has 2 aromatic rings. The Morgan fingerprint density at radius 3 is 2.05 bits per heavy atom. The first-order chi connectivity index (χ1) is 19.5. The molecule has 0 spiro atoms. The summed E-state index contributed by atoms with van der Waals surface area (Å²) in [6.07, 6.45) is 0. The topological polar surface area (TPSA) is 190 Å². The van der Waals surface area contributed by atoms with E-state index in [4.69, 9.17) is 35.9 Å². The number of halogens is 1. The second-order valence-corrected chi connectivity index (χ2v) is 8.46. The molecule has 0 bridgehead atoms. The van der Waals surface area contributed by atoms with E-state index in [1.807, 2.05) is 0 Å². The number of esters is 2. The van der Waals surface area contributed by atoms with Gasteiger partial charge in [-0.2, -0.15) is 0 Å². The van der Waals surface area contributed by atoms with Gasteiger partial charge in [0.05, 0.1) is 36.4 Å². The molecule has 0 fully saturated rings. The maximum absolute atomic E-state index is 11.6. The first-order valence-corrected chi connectivity index (χ1v) is 12.9. The SMILES string of the molecule is C.CCOC(=O)C(C)c1ccc(O)c(NC(=O)CCl)c1.CCOC(=O)C(C)c1ccc2c(c1)NC(=O)CO2.O=CO[O-].[H-].[K+].[K+]. The standard InChI is InChI=1S/C13H16ClNO4.C13H15NO4.CH2O3.CH4.2K.H/c1-3-19-13(18)8(2)9-4-5-11(16)10(6-9)15-12(17)7-14;1-3-17-13(16)8(2)9-4-5-11-10(6-9)14-12(15)7-18-11;2-1-4-3;;;;/h4-6,8,16H,3,7H2,1-2H3,(H,15,17);4-6,8H,3,7H2,1-2H3,(H,14,15);1,3H;1H4;;;/q;;;;2*+1;-1/p-1. The summed E-state index contributed by atoms with van der Waals surface area (Å²) in [5.74, 6) is -1.78. The van der Waals surface area contributed by atoms with Crippen molar-refractivity contribution in [3.63, 3.8) is 0 Å². The minimum absolute atomic E-state index is 0. The molecule has 16 heteroatoms. The van der Waals surface area contributed by atoms with Gasteiger partial charge in [0.15, 0.2) is 6.61 Å². The Labute approximate surface area is 348 Å². The molecule has 2 unspecified atom stereocenters. The fourth-order valence-electron chi connectivity index (χ4n) is 3.28. The minimum atomic E-state index is -0.479. The van der Waals surface area contributed by atoms with Gasteiger partial charge in [0, 0.05) is 0 Å². The van der Waals surface area contributed by atoms with Crippen molar-refractivity contribution in [2.75, 3.05) is 36.3 Å². The summed E-state index contributed by atoms with van der Waals surface area (Å²) in [7, 11) is 0. The summed E-state index contributed by atoms with van der Waals surface area (Å²) in [5.41, 5.74) is 2.25. The van der Waals surface area contributed by atoms with E-state index in [2.05, 4.69) is 15.5 Å². The third-order valence-corrected chi connectivity index (χ3v) is 5.61. The van der Waals surface area contributed by atoms with E-state index >= 15 is 0 Å². The summed E-state index contributed by atoms with van der Waals surface area (Å²) in [6.45, 7) is 7.46. The van der Waals surface area contributed by atoms with Gasteiger partial charge >= 0.3 is 115 Å². The average Bonchev–Trinajstić information content (AvgIpc) is 2.97. The number of benzene rings is 2. The second kappa shape index (κ2) is 26.0. The van der Waals surface area contributed by atoms with E-state index in [-0.39, 0.29) is 166 Å². The second-order valence-electron chi connectivity index (χ2n) is 8.19. The maximum atomic E-state index is 11.6. The molecule has 3 N–H and O–H groups in total. The molecule has 0 radical (unpaired) electrons. The number of anilines is 2. The van der Waals surface area contributed by atoms with Crippen LogP contribution < -0.4 is 123 Å². The monoisotopic (exact) mass is 690 g/mol. The van der Waals surface area contributed by atoms with Gasteiger partial charge in [-0.1, -0.05) is 19.6 Å². The maximum Gasteiger partial charge on any atom is 1.00 e. The molecule has 1 aliphatic rings. The van der Waals surface area contributed by atoms with Crippen LogP contribution in [-0.2, 0) is 38.3 Å². The van der Waals surface area contributed by atoms with Gasteiger partial charge in [0.2, 0.25) is 5.91 Å². The van der Waals surface area contributed by atoms with E-state index < -0.39 is 11.8 Å². The molecule has 0 aliphatic carbocycles. The van der Waals surface area contributed by atoms with Crippen LogP contribution in [0.1, 0.15) is 59.5 Å². The number of nitrogens with one attached hydrogen (secondary N) is 2. The van der Waals surface area contributed by atoms with Crippen LogP contribution in [0.4, 0.5) is 11.4 Å². The Kier molecular flexibility index (Phi) is 28.0. The van der Waals surface area contributed by atoms with Crippen molar-refractivity contribution in [1.29, 1.82) is 0 Å². The molecule has 0 aromatic heterocycles. The molecule has 1 heterocycles. The number of amides is 2. The first-order valence-electron chi connectivity index (χ1n) is 12.3. The smallest absolute Gasteiger partial charge is 1.00 e. The number of phenols is 1. The van der Waals surface area contributed by atoms with Gasteiger partial charge in [0.25, 0.3) is 12.4 Å². The molecule has 0 saturated heterocycles. The van der Waals surface area contributed by atoms with Crippen LogP contribution in [0.15, 0.2) is 36.4 Å². The molecule has 13 nitrogen and oxygen atoms in total. The Morgan fingerprint density at radius 2 is 1.57 bits per heavy atom. The van der Waals surface area contributed by atoms with Gasteiger partial charge in [-0.15, -0.1) is 11.6 Å². The van der Waals surface area contributed by atoms with E-state index in [1.54, 1.807) is 52.0 Å². The molecule has 2 aromatic carbocycles. The zero-order valence-corrected chi connectivity index (χ0v) is 31.9. The number of carbonyl (C=O) groups is 5. The molecule has 1 aliphatic heterocycles. The summed E-state index contributed by atoms with van der Waals surface area (Å²) in [6, 6.07) is 9.84.